The molecule has 0 aliphatic carbocycles. The summed E-state index contributed by atoms with van der Waals surface area (Å²) in [7, 11) is 0. The first-order valence-electron chi connectivity index (χ1n) is 7.30. The first-order valence-corrected chi connectivity index (χ1v) is 8.29. The molecule has 2 heterocycles. The fraction of sp³-hybridized carbons (Fsp3) is 0.176. The van der Waals surface area contributed by atoms with Crippen LogP contribution in [0.1, 0.15) is 22.0 Å². The number of rotatable bonds is 2. The van der Waals surface area contributed by atoms with E-state index in [4.69, 9.17) is 5.11 Å². The Bertz CT molecular complexity index is 791. The quantitative estimate of drug-likeness (QED) is 0.888. The predicted molar refractivity (Wildman–Crippen MR) is 87.4 cm³/mol. The van der Waals surface area contributed by atoms with Crippen molar-refractivity contribution in [2.24, 2.45) is 5.92 Å². The zero-order valence-electron chi connectivity index (χ0n) is 12.1. The van der Waals surface area contributed by atoms with E-state index in [-0.39, 0.29) is 23.4 Å². The third-order valence-corrected chi connectivity index (χ3v) is 5.46. The normalized spacial score (nSPS) is 22.6. The number of nitrogens with zero attached hydrogens (tertiary/aromatic N) is 1. The van der Waals surface area contributed by atoms with Gasteiger partial charge < -0.3 is 5.11 Å². The molecule has 6 heteroatoms. The van der Waals surface area contributed by atoms with Crippen LogP contribution in [0.25, 0.3) is 0 Å². The molecule has 2 unspecified atom stereocenters. The van der Waals surface area contributed by atoms with Crippen molar-refractivity contribution < 1.29 is 14.7 Å². The van der Waals surface area contributed by atoms with Gasteiger partial charge in [-0.05, 0) is 35.9 Å². The Hall–Kier alpha value is -2.31. The predicted octanol–water partition coefficient (Wildman–Crippen LogP) is 2.70. The summed E-state index contributed by atoms with van der Waals surface area (Å²) in [4.78, 5) is 24.8. The van der Waals surface area contributed by atoms with Crippen LogP contribution in [0, 0.1) is 5.92 Å². The highest BCUT2D eigenvalue weighted by Gasteiger charge is 2.44. The van der Waals surface area contributed by atoms with Gasteiger partial charge in [-0.25, -0.2) is 15.2 Å². The van der Waals surface area contributed by atoms with Gasteiger partial charge in [0.15, 0.2) is 0 Å². The number of carbonyl (C=O) groups excluding carboxylic acids is 1. The average molecular weight is 326 g/mol. The molecule has 2 N–H and O–H groups in total. The van der Waals surface area contributed by atoms with Gasteiger partial charge in [-0.15, -0.1) is 11.8 Å². The molecule has 2 aromatic carbocycles. The second-order valence-electron chi connectivity index (χ2n) is 5.59. The van der Waals surface area contributed by atoms with Crippen molar-refractivity contribution in [3.05, 3.63) is 59.7 Å². The van der Waals surface area contributed by atoms with Crippen LogP contribution in [0.15, 0.2) is 53.4 Å². The Morgan fingerprint density at radius 3 is 2.65 bits per heavy atom. The molecule has 23 heavy (non-hydrogen) atoms. The monoisotopic (exact) mass is 326 g/mol. The summed E-state index contributed by atoms with van der Waals surface area (Å²) in [5.74, 6) is -0.303. The minimum Gasteiger partial charge on any atom is -0.478 e. The van der Waals surface area contributed by atoms with Crippen LogP contribution in [0.2, 0.25) is 0 Å². The molecule has 2 aliphatic rings. The summed E-state index contributed by atoms with van der Waals surface area (Å²) < 4.78 is 0. The molecule has 0 saturated carbocycles. The summed E-state index contributed by atoms with van der Waals surface area (Å²) in [6, 6.07) is 14.4. The minimum absolute atomic E-state index is 0.0279. The van der Waals surface area contributed by atoms with Gasteiger partial charge in [-0.1, -0.05) is 18.2 Å². The Kier molecular flexibility index (Phi) is 3.36. The number of nitrogens with one attached hydrogen (secondary N) is 1. The molecule has 0 spiro atoms. The summed E-state index contributed by atoms with van der Waals surface area (Å²) >= 11 is 1.71. The first kappa shape index (κ1) is 14.3. The van der Waals surface area contributed by atoms with Gasteiger partial charge in [0, 0.05) is 10.6 Å². The number of fused-ring (bicyclic) bond motifs is 3. The molecule has 1 saturated heterocycles. The molecular formula is C17H14N2O3S. The average Bonchev–Trinajstić information content (AvgIpc) is 2.92. The number of amides is 1. The van der Waals surface area contributed by atoms with Gasteiger partial charge in [0.1, 0.15) is 0 Å². The van der Waals surface area contributed by atoms with Crippen LogP contribution in [-0.4, -0.2) is 22.7 Å². The summed E-state index contributed by atoms with van der Waals surface area (Å²) in [6.45, 7) is 0. The van der Waals surface area contributed by atoms with Gasteiger partial charge >= 0.3 is 5.97 Å². The second kappa shape index (κ2) is 5.40. The fourth-order valence-electron chi connectivity index (χ4n) is 3.06. The lowest BCUT2D eigenvalue weighted by atomic mass is 9.95. The molecular weight excluding hydrogens is 312 g/mol. The van der Waals surface area contributed by atoms with Gasteiger partial charge in [-0.2, -0.15) is 0 Å². The van der Waals surface area contributed by atoms with E-state index in [0.29, 0.717) is 5.69 Å². The van der Waals surface area contributed by atoms with Crippen molar-refractivity contribution in [2.45, 2.75) is 10.9 Å². The smallest absolute Gasteiger partial charge is 0.335 e. The van der Waals surface area contributed by atoms with Gasteiger partial charge in [0.2, 0.25) is 5.91 Å². The lowest BCUT2D eigenvalue weighted by Crippen LogP contribution is -2.35. The van der Waals surface area contributed by atoms with E-state index < -0.39 is 5.97 Å². The fourth-order valence-corrected chi connectivity index (χ4v) is 4.29. The maximum absolute atomic E-state index is 12.7. The molecule has 0 radical (unpaired) electrons. The highest BCUT2D eigenvalue weighted by atomic mass is 32.2. The molecule has 116 valence electrons. The van der Waals surface area contributed by atoms with Gasteiger partial charge in [0.25, 0.3) is 0 Å². The third-order valence-electron chi connectivity index (χ3n) is 4.25. The van der Waals surface area contributed by atoms with Gasteiger partial charge in [0.05, 0.1) is 23.2 Å². The maximum atomic E-state index is 12.7. The molecule has 5 nitrogen and oxygen atoms in total. The number of benzene rings is 2. The number of hydrazine groups is 1. The van der Waals surface area contributed by atoms with Crippen LogP contribution in [0.3, 0.4) is 0 Å². The Balaban J connectivity index is 1.66. The summed E-state index contributed by atoms with van der Waals surface area (Å²) in [6.07, 6.45) is 0. The molecule has 1 amide bonds. The highest BCUT2D eigenvalue weighted by Crippen LogP contribution is 2.43. The first-order chi connectivity index (χ1) is 11.1. The number of anilines is 1. The number of aromatic carboxylic acids is 1. The van der Waals surface area contributed by atoms with E-state index in [9.17, 15) is 9.59 Å². The van der Waals surface area contributed by atoms with E-state index in [1.54, 1.807) is 28.9 Å². The van der Waals surface area contributed by atoms with Crippen molar-refractivity contribution >= 4 is 29.3 Å². The molecule has 1 fully saturated rings. The summed E-state index contributed by atoms with van der Waals surface area (Å²) in [5.41, 5.74) is 5.30. The topological polar surface area (TPSA) is 69.6 Å². The number of hydrogen-bond donors (Lipinski definition) is 2. The van der Waals surface area contributed by atoms with Crippen molar-refractivity contribution in [1.82, 2.24) is 5.43 Å². The number of hydrogen-bond acceptors (Lipinski definition) is 4. The zero-order chi connectivity index (χ0) is 16.0. The highest BCUT2D eigenvalue weighted by molar-refractivity contribution is 7.99. The zero-order valence-corrected chi connectivity index (χ0v) is 12.9. The molecule has 4 rings (SSSR count). The number of carboxylic acid groups (broad SMARTS) is 1. The molecule has 2 atom stereocenters. The molecule has 2 aliphatic heterocycles. The van der Waals surface area contributed by atoms with Crippen LogP contribution >= 0.6 is 11.8 Å². The van der Waals surface area contributed by atoms with E-state index in [2.05, 4.69) is 17.6 Å². The van der Waals surface area contributed by atoms with Crippen LogP contribution in [0.5, 0.6) is 0 Å². The van der Waals surface area contributed by atoms with Crippen molar-refractivity contribution in [1.29, 1.82) is 0 Å². The number of carboxylic acids is 1. The Labute approximate surface area is 137 Å². The Morgan fingerprint density at radius 2 is 1.91 bits per heavy atom. The van der Waals surface area contributed by atoms with Crippen LogP contribution < -0.4 is 10.4 Å². The molecule has 0 aromatic heterocycles. The van der Waals surface area contributed by atoms with Crippen molar-refractivity contribution in [3.63, 3.8) is 0 Å². The largest absolute Gasteiger partial charge is 0.478 e. The van der Waals surface area contributed by atoms with Crippen LogP contribution in [-0.2, 0) is 4.79 Å². The lowest BCUT2D eigenvalue weighted by Gasteiger charge is -2.25. The van der Waals surface area contributed by atoms with Crippen molar-refractivity contribution in [3.8, 4) is 0 Å². The van der Waals surface area contributed by atoms with Crippen LogP contribution in [0.4, 0.5) is 5.69 Å². The van der Waals surface area contributed by atoms with E-state index in [1.807, 2.05) is 12.1 Å². The molecule has 0 bridgehead atoms. The van der Waals surface area contributed by atoms with E-state index >= 15 is 0 Å². The van der Waals surface area contributed by atoms with E-state index in [1.165, 1.54) is 17.0 Å². The molecule has 2 aromatic rings. The SMILES string of the molecule is O=C(O)c1ccc(N2NC3c4ccccc4SCC3C2=O)cc1. The maximum Gasteiger partial charge on any atom is 0.335 e. The van der Waals surface area contributed by atoms with Gasteiger partial charge in [-0.3, -0.25) is 4.79 Å². The van der Waals surface area contributed by atoms with Crippen molar-refractivity contribution in [2.75, 3.05) is 10.8 Å². The number of thioether (sulfide) groups is 1. The minimum atomic E-state index is -0.976. The van der Waals surface area contributed by atoms with E-state index in [0.717, 1.165) is 11.3 Å². The second-order valence-corrected chi connectivity index (χ2v) is 6.65. The standard InChI is InChI=1S/C17H14N2O3S/c20-16-13-9-23-14-4-2-1-3-12(14)15(13)18-19(16)11-7-5-10(6-8-11)17(21)22/h1-8,13,15,18H,9H2,(H,21,22). The third kappa shape index (κ3) is 2.31. The Morgan fingerprint density at radius 1 is 1.17 bits per heavy atom. The summed E-state index contributed by atoms with van der Waals surface area (Å²) in [5, 5.41) is 10.5. The lowest BCUT2D eigenvalue weighted by molar-refractivity contribution is -0.120. The number of carbonyl (C=O) groups is 2.